The molecule has 0 aliphatic heterocycles. The van der Waals surface area contributed by atoms with Gasteiger partial charge in [0, 0.05) is 18.3 Å². The van der Waals surface area contributed by atoms with E-state index in [-0.39, 0.29) is 0 Å². The minimum Gasteiger partial charge on any atom is -0.326 e. The smallest absolute Gasteiger partial charge is 0.125 e. The van der Waals surface area contributed by atoms with E-state index in [9.17, 15) is 0 Å². The van der Waals surface area contributed by atoms with Crippen molar-refractivity contribution in [3.8, 4) is 11.4 Å². The van der Waals surface area contributed by atoms with Crippen LogP contribution in [-0.2, 0) is 6.54 Å². The zero-order valence-electron chi connectivity index (χ0n) is 7.86. The summed E-state index contributed by atoms with van der Waals surface area (Å²) in [7, 11) is 0. The van der Waals surface area contributed by atoms with Crippen LogP contribution in [0.1, 0.15) is 11.4 Å². The highest BCUT2D eigenvalue weighted by Gasteiger charge is 2.07. The molecule has 0 bridgehead atoms. The van der Waals surface area contributed by atoms with Crippen LogP contribution in [0.2, 0.25) is 0 Å². The molecule has 5 heteroatoms. The van der Waals surface area contributed by atoms with Crippen molar-refractivity contribution in [3.05, 3.63) is 29.8 Å². The predicted molar refractivity (Wildman–Crippen MR) is 52.2 cm³/mol. The van der Waals surface area contributed by atoms with Crippen LogP contribution in [0.3, 0.4) is 0 Å². The molecule has 0 fully saturated rings. The van der Waals surface area contributed by atoms with E-state index < -0.39 is 0 Å². The minimum absolute atomic E-state index is 0.453. The summed E-state index contributed by atoms with van der Waals surface area (Å²) in [4.78, 5) is 8.31. The Morgan fingerprint density at radius 2 is 2.36 bits per heavy atom. The van der Waals surface area contributed by atoms with Crippen molar-refractivity contribution in [2.75, 3.05) is 0 Å². The molecule has 3 N–H and O–H groups in total. The van der Waals surface area contributed by atoms with Gasteiger partial charge in [0.15, 0.2) is 0 Å². The van der Waals surface area contributed by atoms with Crippen molar-refractivity contribution in [3.63, 3.8) is 0 Å². The molecule has 0 unspecified atom stereocenters. The summed E-state index contributed by atoms with van der Waals surface area (Å²) < 4.78 is 0. The van der Waals surface area contributed by atoms with Gasteiger partial charge in [-0.1, -0.05) is 0 Å². The van der Waals surface area contributed by atoms with Crippen LogP contribution in [0.5, 0.6) is 0 Å². The van der Waals surface area contributed by atoms with Gasteiger partial charge in [-0.05, 0) is 13.0 Å². The molecule has 2 rings (SSSR count). The summed E-state index contributed by atoms with van der Waals surface area (Å²) in [6, 6.07) is 1.83. The molecule has 0 aromatic carbocycles. The molecule has 0 aliphatic rings. The molecule has 72 valence electrons. The molecular formula is C9H11N5. The Morgan fingerprint density at radius 3 is 3.07 bits per heavy atom. The molecule has 5 nitrogen and oxygen atoms in total. The van der Waals surface area contributed by atoms with Crippen LogP contribution >= 0.6 is 0 Å². The second kappa shape index (κ2) is 3.55. The van der Waals surface area contributed by atoms with Gasteiger partial charge in [-0.15, -0.1) is 0 Å². The van der Waals surface area contributed by atoms with Gasteiger partial charge >= 0.3 is 0 Å². The SMILES string of the molecule is Cc1nccc(-c2[nH]ncc2CN)n1. The molecule has 0 radical (unpaired) electrons. The first kappa shape index (κ1) is 8.83. The van der Waals surface area contributed by atoms with E-state index >= 15 is 0 Å². The number of aromatic amines is 1. The molecule has 14 heavy (non-hydrogen) atoms. The molecular weight excluding hydrogens is 178 g/mol. The average Bonchev–Trinajstić information content (AvgIpc) is 2.65. The molecule has 2 heterocycles. The van der Waals surface area contributed by atoms with Crippen molar-refractivity contribution in [1.29, 1.82) is 0 Å². The summed E-state index contributed by atoms with van der Waals surface area (Å²) in [5.74, 6) is 0.736. The van der Waals surface area contributed by atoms with Gasteiger partial charge in [0.2, 0.25) is 0 Å². The van der Waals surface area contributed by atoms with E-state index in [4.69, 9.17) is 5.73 Å². The molecule has 2 aromatic rings. The summed E-state index contributed by atoms with van der Waals surface area (Å²) in [6.07, 6.45) is 3.44. The second-order valence-electron chi connectivity index (χ2n) is 2.96. The van der Waals surface area contributed by atoms with E-state index in [1.54, 1.807) is 12.4 Å². The average molecular weight is 189 g/mol. The fourth-order valence-electron chi connectivity index (χ4n) is 1.28. The van der Waals surface area contributed by atoms with Crippen LogP contribution in [0, 0.1) is 6.92 Å². The highest BCUT2D eigenvalue weighted by atomic mass is 15.1. The van der Waals surface area contributed by atoms with Crippen molar-refractivity contribution in [2.45, 2.75) is 13.5 Å². The van der Waals surface area contributed by atoms with Gasteiger partial charge in [0.1, 0.15) is 5.82 Å². The van der Waals surface area contributed by atoms with Gasteiger partial charge < -0.3 is 5.73 Å². The standard InChI is InChI=1S/C9H11N5/c1-6-11-3-2-8(13-6)9-7(4-10)5-12-14-9/h2-3,5H,4,10H2,1H3,(H,12,14). The van der Waals surface area contributed by atoms with Crippen molar-refractivity contribution >= 4 is 0 Å². The lowest BCUT2D eigenvalue weighted by atomic mass is 10.2. The first-order valence-electron chi connectivity index (χ1n) is 4.33. The quantitative estimate of drug-likeness (QED) is 0.726. The summed E-state index contributed by atoms with van der Waals surface area (Å²) in [5, 5.41) is 6.81. The Kier molecular flexibility index (Phi) is 2.24. The summed E-state index contributed by atoms with van der Waals surface area (Å²) in [6.45, 7) is 2.30. The van der Waals surface area contributed by atoms with E-state index in [1.165, 1.54) is 0 Å². The third-order valence-electron chi connectivity index (χ3n) is 1.97. The molecule has 0 saturated carbocycles. The highest BCUT2D eigenvalue weighted by Crippen LogP contribution is 2.17. The number of nitrogens with one attached hydrogen (secondary N) is 1. The number of hydrogen-bond acceptors (Lipinski definition) is 4. The third kappa shape index (κ3) is 1.49. The first-order chi connectivity index (χ1) is 6.81. The van der Waals surface area contributed by atoms with Crippen molar-refractivity contribution in [2.24, 2.45) is 5.73 Å². The lowest BCUT2D eigenvalue weighted by Crippen LogP contribution is -1.98. The molecule has 0 amide bonds. The van der Waals surface area contributed by atoms with Gasteiger partial charge in [-0.3, -0.25) is 5.10 Å². The van der Waals surface area contributed by atoms with Gasteiger partial charge in [-0.25, -0.2) is 9.97 Å². The number of H-pyrrole nitrogens is 1. The van der Waals surface area contributed by atoms with E-state index in [2.05, 4.69) is 20.2 Å². The molecule has 0 spiro atoms. The maximum absolute atomic E-state index is 5.57. The first-order valence-corrected chi connectivity index (χ1v) is 4.33. The largest absolute Gasteiger partial charge is 0.326 e. The predicted octanol–water partition coefficient (Wildman–Crippen LogP) is 0.634. The number of nitrogens with two attached hydrogens (primary N) is 1. The van der Waals surface area contributed by atoms with Crippen molar-refractivity contribution < 1.29 is 0 Å². The molecule has 0 atom stereocenters. The normalized spacial score (nSPS) is 10.4. The number of hydrogen-bond donors (Lipinski definition) is 2. The van der Waals surface area contributed by atoms with Crippen LogP contribution in [-0.4, -0.2) is 20.2 Å². The maximum atomic E-state index is 5.57. The monoisotopic (exact) mass is 189 g/mol. The van der Waals surface area contributed by atoms with Gasteiger partial charge in [-0.2, -0.15) is 5.10 Å². The lowest BCUT2D eigenvalue weighted by molar-refractivity contribution is 1.03. The maximum Gasteiger partial charge on any atom is 0.125 e. The Balaban J connectivity index is 2.49. The summed E-state index contributed by atoms with van der Waals surface area (Å²) in [5.41, 5.74) is 8.23. The topological polar surface area (TPSA) is 80.5 Å². The van der Waals surface area contributed by atoms with Crippen molar-refractivity contribution in [1.82, 2.24) is 20.2 Å². The Hall–Kier alpha value is -1.75. The molecule has 0 aliphatic carbocycles. The van der Waals surface area contributed by atoms with Crippen LogP contribution in [0.15, 0.2) is 18.5 Å². The van der Waals surface area contributed by atoms with Crippen LogP contribution < -0.4 is 5.73 Å². The number of aryl methyl sites for hydroxylation is 1. The van der Waals surface area contributed by atoms with E-state index in [0.29, 0.717) is 6.54 Å². The van der Waals surface area contributed by atoms with Gasteiger partial charge in [0.25, 0.3) is 0 Å². The zero-order chi connectivity index (χ0) is 9.97. The molecule has 2 aromatic heterocycles. The number of rotatable bonds is 2. The number of aromatic nitrogens is 4. The minimum atomic E-state index is 0.453. The Labute approximate surface area is 81.4 Å². The number of nitrogens with zero attached hydrogens (tertiary/aromatic N) is 3. The Morgan fingerprint density at radius 1 is 1.50 bits per heavy atom. The highest BCUT2D eigenvalue weighted by molar-refractivity contribution is 5.57. The van der Waals surface area contributed by atoms with E-state index in [0.717, 1.165) is 22.8 Å². The zero-order valence-corrected chi connectivity index (χ0v) is 7.86. The van der Waals surface area contributed by atoms with Crippen LogP contribution in [0.25, 0.3) is 11.4 Å². The third-order valence-corrected chi connectivity index (χ3v) is 1.97. The van der Waals surface area contributed by atoms with Crippen LogP contribution in [0.4, 0.5) is 0 Å². The van der Waals surface area contributed by atoms with Gasteiger partial charge in [0.05, 0.1) is 17.6 Å². The fraction of sp³-hybridized carbons (Fsp3) is 0.222. The summed E-state index contributed by atoms with van der Waals surface area (Å²) >= 11 is 0. The second-order valence-corrected chi connectivity index (χ2v) is 2.96. The molecule has 0 saturated heterocycles. The Bertz CT molecular complexity index is 434. The fourth-order valence-corrected chi connectivity index (χ4v) is 1.28. The van der Waals surface area contributed by atoms with E-state index in [1.807, 2.05) is 13.0 Å². The lowest BCUT2D eigenvalue weighted by Gasteiger charge is -2.00.